The van der Waals surface area contributed by atoms with Crippen LogP contribution in [0.25, 0.3) is 0 Å². The summed E-state index contributed by atoms with van der Waals surface area (Å²) in [6.45, 7) is 7.71. The van der Waals surface area contributed by atoms with Crippen molar-refractivity contribution < 1.29 is 14.2 Å². The molecule has 0 spiro atoms. The molecule has 1 fully saturated rings. The fourth-order valence-corrected chi connectivity index (χ4v) is 2.47. The Balaban J connectivity index is 1.97. The minimum atomic E-state index is 0.316. The Morgan fingerprint density at radius 1 is 1.38 bits per heavy atom. The molecule has 2 rings (SSSR count). The van der Waals surface area contributed by atoms with Gasteiger partial charge in [0, 0.05) is 18.6 Å². The normalized spacial score (nSPS) is 19.5. The summed E-state index contributed by atoms with van der Waals surface area (Å²) in [5.41, 5.74) is 1.22. The van der Waals surface area contributed by atoms with Gasteiger partial charge in [0.15, 0.2) is 11.5 Å². The van der Waals surface area contributed by atoms with Crippen LogP contribution in [0.3, 0.4) is 0 Å². The zero-order valence-corrected chi connectivity index (χ0v) is 13.4. The van der Waals surface area contributed by atoms with E-state index < -0.39 is 0 Å². The zero-order valence-electron chi connectivity index (χ0n) is 13.4. The molecule has 1 heterocycles. The van der Waals surface area contributed by atoms with Gasteiger partial charge in [0.1, 0.15) is 0 Å². The molecule has 4 heteroatoms. The van der Waals surface area contributed by atoms with Crippen molar-refractivity contribution in [1.82, 2.24) is 5.32 Å². The van der Waals surface area contributed by atoms with Gasteiger partial charge in [-0.2, -0.15) is 0 Å². The van der Waals surface area contributed by atoms with Gasteiger partial charge < -0.3 is 19.5 Å². The average Bonchev–Trinajstić information content (AvgIpc) is 3.03. The lowest BCUT2D eigenvalue weighted by Gasteiger charge is -2.17. The third-order valence-electron chi connectivity index (χ3n) is 3.89. The number of ether oxygens (including phenoxy) is 3. The number of benzene rings is 1. The summed E-state index contributed by atoms with van der Waals surface area (Å²) in [5.74, 6) is 2.12. The van der Waals surface area contributed by atoms with Crippen LogP contribution in [0.2, 0.25) is 0 Å². The molecule has 1 aromatic rings. The third-order valence-corrected chi connectivity index (χ3v) is 3.89. The summed E-state index contributed by atoms with van der Waals surface area (Å²) in [5, 5.41) is 3.48. The molecule has 1 aliphatic rings. The third kappa shape index (κ3) is 4.61. The number of hydrogen-bond donors (Lipinski definition) is 1. The molecule has 0 amide bonds. The Labute approximate surface area is 127 Å². The van der Waals surface area contributed by atoms with E-state index in [0.29, 0.717) is 18.6 Å². The standard InChI is InChI=1S/C17H27NO3/c1-4-8-18-13(2)15-5-6-16(17(10-15)19-3)21-12-14-7-9-20-11-14/h5-6,10,13-14,18H,4,7-9,11-12H2,1-3H3. The van der Waals surface area contributed by atoms with Gasteiger partial charge in [0.2, 0.25) is 0 Å². The summed E-state index contributed by atoms with van der Waals surface area (Å²) in [6.07, 6.45) is 2.21. The van der Waals surface area contributed by atoms with E-state index in [1.165, 1.54) is 5.56 Å². The van der Waals surface area contributed by atoms with E-state index in [2.05, 4.69) is 31.3 Å². The van der Waals surface area contributed by atoms with E-state index in [-0.39, 0.29) is 0 Å². The minimum absolute atomic E-state index is 0.316. The van der Waals surface area contributed by atoms with Crippen molar-refractivity contribution in [1.29, 1.82) is 0 Å². The predicted octanol–water partition coefficient (Wildman–Crippen LogP) is 3.17. The van der Waals surface area contributed by atoms with Gasteiger partial charge >= 0.3 is 0 Å². The molecule has 0 bridgehead atoms. The lowest BCUT2D eigenvalue weighted by molar-refractivity contribution is 0.165. The van der Waals surface area contributed by atoms with Crippen LogP contribution in [0.1, 0.15) is 38.3 Å². The van der Waals surface area contributed by atoms with Crippen LogP contribution in [-0.4, -0.2) is 33.5 Å². The molecule has 0 aliphatic carbocycles. The first-order chi connectivity index (χ1) is 10.2. The average molecular weight is 293 g/mol. The van der Waals surface area contributed by atoms with Gasteiger partial charge in [0.25, 0.3) is 0 Å². The van der Waals surface area contributed by atoms with Crippen LogP contribution in [0.4, 0.5) is 0 Å². The molecular formula is C17H27NO3. The molecule has 118 valence electrons. The quantitative estimate of drug-likeness (QED) is 0.799. The smallest absolute Gasteiger partial charge is 0.161 e. The Morgan fingerprint density at radius 2 is 2.24 bits per heavy atom. The van der Waals surface area contributed by atoms with Crippen molar-refractivity contribution in [2.75, 3.05) is 33.5 Å². The topological polar surface area (TPSA) is 39.7 Å². The molecule has 1 N–H and O–H groups in total. The maximum absolute atomic E-state index is 5.90. The molecule has 4 nitrogen and oxygen atoms in total. The van der Waals surface area contributed by atoms with Gasteiger partial charge in [-0.15, -0.1) is 0 Å². The highest BCUT2D eigenvalue weighted by Crippen LogP contribution is 2.31. The van der Waals surface area contributed by atoms with E-state index in [9.17, 15) is 0 Å². The summed E-state index contributed by atoms with van der Waals surface area (Å²) >= 11 is 0. The SMILES string of the molecule is CCCNC(C)c1ccc(OCC2CCOC2)c(OC)c1. The lowest BCUT2D eigenvalue weighted by Crippen LogP contribution is -2.19. The lowest BCUT2D eigenvalue weighted by atomic mass is 10.1. The second-order valence-corrected chi connectivity index (χ2v) is 5.63. The van der Waals surface area contributed by atoms with Crippen LogP contribution in [0.15, 0.2) is 18.2 Å². The molecule has 1 saturated heterocycles. The van der Waals surface area contributed by atoms with Gasteiger partial charge in [-0.3, -0.25) is 0 Å². The van der Waals surface area contributed by atoms with E-state index in [1.54, 1.807) is 7.11 Å². The summed E-state index contributed by atoms with van der Waals surface area (Å²) < 4.78 is 16.7. The Kier molecular flexibility index (Phi) is 6.33. The molecule has 0 radical (unpaired) electrons. The second kappa shape index (κ2) is 8.25. The fourth-order valence-electron chi connectivity index (χ4n) is 2.47. The first kappa shape index (κ1) is 16.1. The molecule has 1 aliphatic heterocycles. The van der Waals surface area contributed by atoms with Gasteiger partial charge in [-0.1, -0.05) is 13.0 Å². The van der Waals surface area contributed by atoms with Gasteiger partial charge in [0.05, 0.1) is 20.3 Å². The second-order valence-electron chi connectivity index (χ2n) is 5.63. The van der Waals surface area contributed by atoms with E-state index >= 15 is 0 Å². The number of hydrogen-bond acceptors (Lipinski definition) is 4. The highest BCUT2D eigenvalue weighted by molar-refractivity contribution is 5.43. The van der Waals surface area contributed by atoms with Crippen molar-refractivity contribution in [3.05, 3.63) is 23.8 Å². The van der Waals surface area contributed by atoms with E-state index in [0.717, 1.165) is 44.1 Å². The fraction of sp³-hybridized carbons (Fsp3) is 0.647. The van der Waals surface area contributed by atoms with Crippen LogP contribution >= 0.6 is 0 Å². The maximum Gasteiger partial charge on any atom is 0.161 e. The Hall–Kier alpha value is -1.26. The highest BCUT2D eigenvalue weighted by Gasteiger charge is 2.17. The Morgan fingerprint density at radius 3 is 2.90 bits per heavy atom. The first-order valence-electron chi connectivity index (χ1n) is 7.86. The molecule has 1 aromatic carbocycles. The van der Waals surface area contributed by atoms with Crippen molar-refractivity contribution in [2.45, 2.75) is 32.7 Å². The molecule has 2 unspecified atom stereocenters. The molecule has 2 atom stereocenters. The van der Waals surface area contributed by atoms with Crippen LogP contribution < -0.4 is 14.8 Å². The maximum atomic E-state index is 5.90. The van der Waals surface area contributed by atoms with Crippen molar-refractivity contribution in [3.8, 4) is 11.5 Å². The van der Waals surface area contributed by atoms with Crippen LogP contribution in [0.5, 0.6) is 11.5 Å². The number of methoxy groups -OCH3 is 1. The van der Waals surface area contributed by atoms with Gasteiger partial charge in [-0.05, 0) is 44.0 Å². The Bertz CT molecular complexity index is 430. The van der Waals surface area contributed by atoms with Gasteiger partial charge in [-0.25, -0.2) is 0 Å². The van der Waals surface area contributed by atoms with Crippen molar-refractivity contribution in [3.63, 3.8) is 0 Å². The van der Waals surface area contributed by atoms with E-state index in [1.807, 2.05) is 6.07 Å². The number of nitrogens with one attached hydrogen (secondary N) is 1. The number of rotatable bonds is 8. The summed E-state index contributed by atoms with van der Waals surface area (Å²) in [7, 11) is 1.69. The van der Waals surface area contributed by atoms with E-state index in [4.69, 9.17) is 14.2 Å². The van der Waals surface area contributed by atoms with Crippen LogP contribution in [-0.2, 0) is 4.74 Å². The monoisotopic (exact) mass is 293 g/mol. The largest absolute Gasteiger partial charge is 0.493 e. The summed E-state index contributed by atoms with van der Waals surface area (Å²) in [6, 6.07) is 6.49. The predicted molar refractivity (Wildman–Crippen MR) is 84.1 cm³/mol. The first-order valence-corrected chi connectivity index (χ1v) is 7.86. The molecule has 21 heavy (non-hydrogen) atoms. The molecular weight excluding hydrogens is 266 g/mol. The van der Waals surface area contributed by atoms with Crippen molar-refractivity contribution >= 4 is 0 Å². The van der Waals surface area contributed by atoms with Crippen LogP contribution in [0, 0.1) is 5.92 Å². The molecule has 0 saturated carbocycles. The molecule has 0 aromatic heterocycles. The summed E-state index contributed by atoms with van der Waals surface area (Å²) in [4.78, 5) is 0. The minimum Gasteiger partial charge on any atom is -0.493 e. The van der Waals surface area contributed by atoms with Crippen molar-refractivity contribution in [2.24, 2.45) is 5.92 Å². The zero-order chi connectivity index (χ0) is 15.1. The highest BCUT2D eigenvalue weighted by atomic mass is 16.5.